The van der Waals surface area contributed by atoms with Crippen molar-refractivity contribution in [1.82, 2.24) is 4.90 Å². The Bertz CT molecular complexity index is 699. The summed E-state index contributed by atoms with van der Waals surface area (Å²) in [6, 6.07) is 0. The number of rotatable bonds is 10. The van der Waals surface area contributed by atoms with Gasteiger partial charge in [-0.05, 0) is 34.7 Å². The zero-order valence-corrected chi connectivity index (χ0v) is 14.6. The van der Waals surface area contributed by atoms with E-state index in [1.54, 1.807) is 6.92 Å². The number of hydrogen-bond donors (Lipinski definition) is 1. The summed E-state index contributed by atoms with van der Waals surface area (Å²) in [5, 5.41) is 0. The summed E-state index contributed by atoms with van der Waals surface area (Å²) in [4.78, 5) is 33.1. The summed E-state index contributed by atoms with van der Waals surface area (Å²) in [6.07, 6.45) is -1.19. The monoisotopic (exact) mass is 374 g/mol. The highest BCUT2D eigenvalue weighted by atomic mass is 16.5. The molecule has 0 saturated heterocycles. The van der Waals surface area contributed by atoms with E-state index in [-0.39, 0.29) is 24.7 Å². The van der Waals surface area contributed by atoms with Crippen LogP contribution in [0.15, 0.2) is 12.6 Å². The Morgan fingerprint density at radius 1 is 1.08 bits per heavy atom. The molecule has 0 aliphatic heterocycles. The topological polar surface area (TPSA) is 108 Å². The number of esters is 3. The lowest BCUT2D eigenvalue weighted by Crippen LogP contribution is -2.25. The summed E-state index contributed by atoms with van der Waals surface area (Å²) in [5.41, 5.74) is 4.35. The van der Waals surface area contributed by atoms with E-state index in [1.165, 1.54) is 13.8 Å². The Morgan fingerprint density at radius 3 is 1.84 bits per heavy atom. The maximum absolute atomic E-state index is 11.5. The van der Waals surface area contributed by atoms with Gasteiger partial charge in [-0.3, -0.25) is 9.59 Å². The first-order valence-electron chi connectivity index (χ1n) is 13.2. The normalized spacial score (nSPS) is 18.0. The van der Waals surface area contributed by atoms with E-state index in [2.05, 4.69) is 19.9 Å². The van der Waals surface area contributed by atoms with Crippen molar-refractivity contribution in [2.75, 3.05) is 46.8 Å². The van der Waals surface area contributed by atoms with Gasteiger partial charge in [-0.2, -0.15) is 0 Å². The third-order valence-electron chi connectivity index (χ3n) is 1.78. The van der Waals surface area contributed by atoms with Crippen molar-refractivity contribution < 1.29 is 45.0 Å². The summed E-state index contributed by atoms with van der Waals surface area (Å²) >= 11 is 0. The molecule has 0 rings (SSSR count). The summed E-state index contributed by atoms with van der Waals surface area (Å²) in [7, 11) is 0. The van der Waals surface area contributed by atoms with Gasteiger partial charge in [0.25, 0.3) is 0 Å². The lowest BCUT2D eigenvalue weighted by molar-refractivity contribution is -0.143. The Kier molecular flexibility index (Phi) is 9.65. The molecule has 0 amide bonds. The van der Waals surface area contributed by atoms with Gasteiger partial charge in [0.05, 0.1) is 35.4 Å². The molecular weight excluding hydrogens is 328 g/mol. The molecule has 25 heavy (non-hydrogen) atoms. The first kappa shape index (κ1) is 10.9. The lowest BCUT2D eigenvalue weighted by atomic mass is 10.3. The SMILES string of the molecule is [2H]C([2H])([2H])N.[2H]C([2H])([2H])N(C([2H])([2H])CC(=O)OCC)C([2H])([2H])CC(=O)OCC.[2H]C([2H])=CC(=O)OCC. The average Bonchev–Trinajstić information content (AvgIpc) is 2.57. The fraction of sp³-hybridized carbons (Fsp3) is 0.706. The van der Waals surface area contributed by atoms with Crippen LogP contribution < -0.4 is 5.73 Å². The number of nitrogens with zero attached hydrogens (tertiary/aromatic N) is 1. The highest BCUT2D eigenvalue weighted by molar-refractivity contribution is 5.81. The lowest BCUT2D eigenvalue weighted by Gasteiger charge is -2.15. The average molecular weight is 375 g/mol. The molecule has 0 spiro atoms. The minimum Gasteiger partial charge on any atom is -0.466 e. The Morgan fingerprint density at radius 2 is 1.52 bits per heavy atom. The van der Waals surface area contributed by atoms with Crippen LogP contribution in [0.25, 0.3) is 0 Å². The molecule has 0 aromatic rings. The van der Waals surface area contributed by atoms with Crippen molar-refractivity contribution >= 4 is 17.9 Å². The zero-order valence-electron chi connectivity index (χ0n) is 26.6. The van der Waals surface area contributed by atoms with Gasteiger partial charge in [-0.15, -0.1) is 0 Å². The number of carbonyl (C=O) groups is 3. The molecule has 0 aliphatic carbocycles. The van der Waals surface area contributed by atoms with Gasteiger partial charge < -0.3 is 24.8 Å². The quantitative estimate of drug-likeness (QED) is 0.344. The van der Waals surface area contributed by atoms with Gasteiger partial charge in [-0.25, -0.2) is 4.79 Å². The molecule has 0 aromatic heterocycles. The number of ether oxygens (including phenoxy) is 3. The van der Waals surface area contributed by atoms with E-state index in [0.717, 1.165) is 6.08 Å². The highest BCUT2D eigenvalue weighted by Gasteiger charge is 2.07. The molecule has 8 heteroatoms. The van der Waals surface area contributed by atoms with Gasteiger partial charge in [0, 0.05) is 32.8 Å². The van der Waals surface area contributed by atoms with Gasteiger partial charge in [0.15, 0.2) is 0 Å². The van der Waals surface area contributed by atoms with E-state index in [4.69, 9.17) is 16.4 Å². The van der Waals surface area contributed by atoms with Crippen LogP contribution in [0.5, 0.6) is 0 Å². The van der Waals surface area contributed by atoms with Crippen molar-refractivity contribution in [3.63, 3.8) is 0 Å². The van der Waals surface area contributed by atoms with E-state index < -0.39 is 64.2 Å². The molecule has 0 bridgehead atoms. The zero-order chi connectivity index (χ0) is 30.3. The Hall–Kier alpha value is -1.93. The molecule has 0 aliphatic rings. The second kappa shape index (κ2) is 22.1. The summed E-state index contributed by atoms with van der Waals surface area (Å²) < 4.78 is 98.0. The van der Waals surface area contributed by atoms with E-state index in [9.17, 15) is 14.4 Å². The predicted molar refractivity (Wildman–Crippen MR) is 96.9 cm³/mol. The molecule has 2 N–H and O–H groups in total. The fourth-order valence-electron chi connectivity index (χ4n) is 0.951. The number of nitrogens with two attached hydrogens (primary N) is 1. The molecule has 0 radical (unpaired) electrons. The predicted octanol–water partition coefficient (Wildman–Crippen LogP) is 1.13. The second-order valence-electron chi connectivity index (χ2n) is 3.51. The van der Waals surface area contributed by atoms with E-state index in [1.807, 2.05) is 0 Å². The maximum Gasteiger partial charge on any atom is 0.330 e. The van der Waals surface area contributed by atoms with Crippen molar-refractivity contribution in [3.8, 4) is 0 Å². The van der Waals surface area contributed by atoms with Crippen LogP contribution in [0.3, 0.4) is 0 Å². The van der Waals surface area contributed by atoms with Gasteiger partial charge >= 0.3 is 17.9 Å². The molecule has 148 valence electrons. The first-order valence-corrected chi connectivity index (χ1v) is 7.16. The second-order valence-corrected chi connectivity index (χ2v) is 3.51. The van der Waals surface area contributed by atoms with Crippen LogP contribution in [0.2, 0.25) is 0 Å². The molecule has 0 unspecified atom stereocenters. The minimum atomic E-state index is -3.23. The van der Waals surface area contributed by atoms with Crippen LogP contribution in [0.4, 0.5) is 0 Å². The Balaban J connectivity index is -0.000000674. The summed E-state index contributed by atoms with van der Waals surface area (Å²) in [6.45, 7) is -6.93. The molecule has 0 heterocycles. The van der Waals surface area contributed by atoms with E-state index in [0.29, 0.717) is 0 Å². The number of carbonyl (C=O) groups excluding carboxylic acids is 3. The molecule has 0 aromatic carbocycles. The third-order valence-corrected chi connectivity index (χ3v) is 1.78. The Labute approximate surface area is 168 Å². The van der Waals surface area contributed by atoms with Gasteiger partial charge in [0.1, 0.15) is 0 Å². The van der Waals surface area contributed by atoms with Crippen molar-refractivity contribution in [1.29, 1.82) is 0 Å². The van der Waals surface area contributed by atoms with Crippen LogP contribution in [-0.2, 0) is 28.6 Å². The van der Waals surface area contributed by atoms with Crippen molar-refractivity contribution in [3.05, 3.63) is 12.6 Å². The standard InChI is InChI=1S/C11H21NO4.C5H8O2.CH5N/c1-4-15-10(13)6-8-12(3)9-7-11(14)16-5-2;1-3-5(6)7-4-2;1-2/h4-9H2,1-3H3;3H,1,4H2,2H3;2H2,1H3/i3D3,8D2,9D2;1D2;1D3. The van der Waals surface area contributed by atoms with Crippen molar-refractivity contribution in [2.24, 2.45) is 5.73 Å². The fourth-order valence-corrected chi connectivity index (χ4v) is 0.951. The summed E-state index contributed by atoms with van der Waals surface area (Å²) in [5.74, 6) is -2.66. The molecule has 8 nitrogen and oxygen atoms in total. The minimum absolute atomic E-state index is 0.0294. The highest BCUT2D eigenvalue weighted by Crippen LogP contribution is 1.94. The third kappa shape index (κ3) is 24.4. The van der Waals surface area contributed by atoms with Crippen LogP contribution in [-0.4, -0.2) is 69.6 Å². The number of hydrogen-bond acceptors (Lipinski definition) is 8. The molecule has 0 atom stereocenters. The first-order chi connectivity index (χ1) is 16.4. The largest absolute Gasteiger partial charge is 0.466 e. The van der Waals surface area contributed by atoms with Crippen molar-refractivity contribution in [2.45, 2.75) is 33.6 Å². The smallest absolute Gasteiger partial charge is 0.330 e. The molecule has 0 saturated carbocycles. The molecule has 0 fully saturated rings. The van der Waals surface area contributed by atoms with Crippen LogP contribution in [0, 0.1) is 0 Å². The molecular formula is C17H34N2O6. The van der Waals surface area contributed by atoms with Crippen LogP contribution >= 0.6 is 0 Å². The van der Waals surface area contributed by atoms with E-state index >= 15 is 0 Å². The van der Waals surface area contributed by atoms with Crippen LogP contribution in [0.1, 0.15) is 50.1 Å². The van der Waals surface area contributed by atoms with Gasteiger partial charge in [-0.1, -0.05) is 6.53 Å². The van der Waals surface area contributed by atoms with Gasteiger partial charge in [0.2, 0.25) is 0 Å². The maximum atomic E-state index is 11.5.